The smallest absolute Gasteiger partial charge is 0.254 e. The van der Waals surface area contributed by atoms with Crippen molar-refractivity contribution in [1.82, 2.24) is 20.1 Å². The zero-order chi connectivity index (χ0) is 20.7. The molecule has 1 aromatic carbocycles. The van der Waals surface area contributed by atoms with Gasteiger partial charge >= 0.3 is 0 Å². The maximum atomic E-state index is 12.6. The van der Waals surface area contributed by atoms with Crippen LogP contribution >= 0.6 is 0 Å². The first-order valence-corrected chi connectivity index (χ1v) is 10.4. The molecule has 0 radical (unpaired) electrons. The van der Waals surface area contributed by atoms with Crippen LogP contribution in [-0.4, -0.2) is 38.6 Å². The lowest BCUT2D eigenvalue weighted by Crippen LogP contribution is -2.09. The molecule has 2 aliphatic rings. The summed E-state index contributed by atoms with van der Waals surface area (Å²) in [5.74, 6) is 1.67. The first kappa shape index (κ1) is 18.9. The average molecular weight is 404 g/mol. The molecule has 3 aromatic rings. The number of imidazole rings is 1. The average Bonchev–Trinajstić information content (AvgIpc) is 3.51. The molecule has 1 aliphatic carbocycles. The highest BCUT2D eigenvalue weighted by molar-refractivity contribution is 5.93. The highest BCUT2D eigenvalue weighted by Gasteiger charge is 2.22. The van der Waals surface area contributed by atoms with Crippen molar-refractivity contribution in [2.24, 2.45) is 0 Å². The Kier molecular flexibility index (Phi) is 4.83. The Morgan fingerprint density at radius 1 is 1.27 bits per heavy atom. The molecule has 0 spiro atoms. The third-order valence-corrected chi connectivity index (χ3v) is 5.80. The number of benzene rings is 1. The van der Waals surface area contributed by atoms with Crippen LogP contribution in [0.15, 0.2) is 22.7 Å². The van der Waals surface area contributed by atoms with Crippen LogP contribution in [0.5, 0.6) is 0 Å². The van der Waals surface area contributed by atoms with Crippen molar-refractivity contribution in [3.63, 3.8) is 0 Å². The standard InChI is InChI=1S/C23H24N4O3/c1-13-21(26-22(24-13)20(28)8-7-19-4-3-9-29-19)16-6-5-15-10-18(12-17(15)11-16)23-25-14(2)27-30-23/h5-6,11-12,19H,3-4,7-10H2,1-2H3,(H,24,26). The molecule has 1 aliphatic heterocycles. The second-order valence-electron chi connectivity index (χ2n) is 8.06. The first-order valence-electron chi connectivity index (χ1n) is 10.4. The number of rotatable bonds is 6. The zero-order valence-electron chi connectivity index (χ0n) is 17.2. The number of aromatic nitrogens is 4. The Morgan fingerprint density at radius 2 is 2.17 bits per heavy atom. The maximum Gasteiger partial charge on any atom is 0.254 e. The van der Waals surface area contributed by atoms with E-state index in [0.29, 0.717) is 24.0 Å². The van der Waals surface area contributed by atoms with Gasteiger partial charge in [-0.05, 0) is 56.4 Å². The van der Waals surface area contributed by atoms with Gasteiger partial charge in [-0.15, -0.1) is 0 Å². The summed E-state index contributed by atoms with van der Waals surface area (Å²) in [4.78, 5) is 24.7. The van der Waals surface area contributed by atoms with Gasteiger partial charge in [0.2, 0.25) is 0 Å². The monoisotopic (exact) mass is 404 g/mol. The number of aryl methyl sites for hydroxylation is 2. The second-order valence-corrected chi connectivity index (χ2v) is 8.06. The third kappa shape index (κ3) is 3.61. The van der Waals surface area contributed by atoms with E-state index in [1.54, 1.807) is 0 Å². The minimum atomic E-state index is 0.0370. The topological polar surface area (TPSA) is 93.9 Å². The van der Waals surface area contributed by atoms with Gasteiger partial charge in [0, 0.05) is 36.3 Å². The fraction of sp³-hybridized carbons (Fsp3) is 0.391. The van der Waals surface area contributed by atoms with E-state index in [-0.39, 0.29) is 11.9 Å². The van der Waals surface area contributed by atoms with Crippen LogP contribution in [0.4, 0.5) is 0 Å². The molecule has 2 aromatic heterocycles. The molecule has 1 unspecified atom stereocenters. The lowest BCUT2D eigenvalue weighted by atomic mass is 10.0. The maximum absolute atomic E-state index is 12.6. The van der Waals surface area contributed by atoms with Crippen molar-refractivity contribution in [3.8, 4) is 11.3 Å². The summed E-state index contributed by atoms with van der Waals surface area (Å²) in [7, 11) is 0. The molecule has 3 heterocycles. The van der Waals surface area contributed by atoms with Crippen molar-refractivity contribution in [3.05, 3.63) is 52.6 Å². The number of carbonyl (C=O) groups excluding carboxylic acids is 1. The summed E-state index contributed by atoms with van der Waals surface area (Å²) in [5, 5.41) is 3.88. The van der Waals surface area contributed by atoms with Gasteiger partial charge < -0.3 is 14.2 Å². The summed E-state index contributed by atoms with van der Waals surface area (Å²) in [6.45, 7) is 4.58. The van der Waals surface area contributed by atoms with Gasteiger partial charge in [-0.2, -0.15) is 4.98 Å². The van der Waals surface area contributed by atoms with Gasteiger partial charge in [-0.3, -0.25) is 4.79 Å². The number of hydrogen-bond donors (Lipinski definition) is 1. The van der Waals surface area contributed by atoms with Crippen LogP contribution in [-0.2, 0) is 11.2 Å². The number of nitrogens with one attached hydrogen (secondary N) is 1. The van der Waals surface area contributed by atoms with E-state index in [4.69, 9.17) is 9.26 Å². The molecule has 7 nitrogen and oxygen atoms in total. The quantitative estimate of drug-likeness (QED) is 0.615. The molecule has 0 bridgehead atoms. The highest BCUT2D eigenvalue weighted by atomic mass is 16.5. The summed E-state index contributed by atoms with van der Waals surface area (Å²) < 4.78 is 10.9. The number of hydrogen-bond acceptors (Lipinski definition) is 6. The number of H-pyrrole nitrogens is 1. The molecule has 5 rings (SSSR count). The van der Waals surface area contributed by atoms with E-state index in [0.717, 1.165) is 60.4 Å². The summed E-state index contributed by atoms with van der Waals surface area (Å²) in [6, 6.07) is 6.26. The number of Topliss-reactive ketones (excluding diaryl/α,β-unsaturated/α-hetero) is 1. The molecule has 1 saturated heterocycles. The zero-order valence-corrected chi connectivity index (χ0v) is 17.2. The van der Waals surface area contributed by atoms with Gasteiger partial charge in [0.1, 0.15) is 0 Å². The number of fused-ring (bicyclic) bond motifs is 1. The van der Waals surface area contributed by atoms with Gasteiger partial charge in [0.25, 0.3) is 5.89 Å². The van der Waals surface area contributed by atoms with Crippen molar-refractivity contribution < 1.29 is 14.1 Å². The Hall–Kier alpha value is -3.06. The van der Waals surface area contributed by atoms with Gasteiger partial charge in [-0.1, -0.05) is 17.3 Å². The van der Waals surface area contributed by atoms with Crippen molar-refractivity contribution in [1.29, 1.82) is 0 Å². The van der Waals surface area contributed by atoms with Crippen molar-refractivity contribution in [2.45, 2.75) is 52.1 Å². The normalized spacial score (nSPS) is 17.9. The predicted molar refractivity (Wildman–Crippen MR) is 112 cm³/mol. The molecular weight excluding hydrogens is 380 g/mol. The molecule has 0 saturated carbocycles. The largest absolute Gasteiger partial charge is 0.378 e. The van der Waals surface area contributed by atoms with E-state index in [9.17, 15) is 4.79 Å². The summed E-state index contributed by atoms with van der Waals surface area (Å²) in [5.41, 5.74) is 6.04. The minimum Gasteiger partial charge on any atom is -0.378 e. The van der Waals surface area contributed by atoms with Gasteiger partial charge in [-0.25, -0.2) is 4.98 Å². The molecule has 154 valence electrons. The lowest BCUT2D eigenvalue weighted by molar-refractivity contribution is 0.0853. The molecular formula is C23H24N4O3. The highest BCUT2D eigenvalue weighted by Crippen LogP contribution is 2.34. The number of nitrogens with zero attached hydrogens (tertiary/aromatic N) is 3. The lowest BCUT2D eigenvalue weighted by Gasteiger charge is -2.06. The van der Waals surface area contributed by atoms with E-state index in [2.05, 4.69) is 44.4 Å². The Labute approximate surface area is 174 Å². The Morgan fingerprint density at radius 3 is 2.93 bits per heavy atom. The van der Waals surface area contributed by atoms with E-state index in [1.165, 1.54) is 5.56 Å². The van der Waals surface area contributed by atoms with E-state index < -0.39 is 0 Å². The van der Waals surface area contributed by atoms with Gasteiger partial charge in [0.15, 0.2) is 17.4 Å². The number of ether oxygens (including phenoxy) is 1. The Bertz CT molecular complexity index is 1140. The molecule has 30 heavy (non-hydrogen) atoms. The van der Waals surface area contributed by atoms with Crippen LogP contribution in [0.1, 0.15) is 64.8 Å². The van der Waals surface area contributed by atoms with E-state index >= 15 is 0 Å². The molecule has 1 fully saturated rings. The number of carbonyl (C=O) groups is 1. The van der Waals surface area contributed by atoms with Crippen LogP contribution in [0.2, 0.25) is 0 Å². The first-order chi connectivity index (χ1) is 14.6. The van der Waals surface area contributed by atoms with Crippen molar-refractivity contribution in [2.75, 3.05) is 6.61 Å². The van der Waals surface area contributed by atoms with Gasteiger partial charge in [0.05, 0.1) is 11.8 Å². The van der Waals surface area contributed by atoms with Crippen LogP contribution in [0.3, 0.4) is 0 Å². The minimum absolute atomic E-state index is 0.0370. The number of allylic oxidation sites excluding steroid dienone is 1. The molecule has 0 amide bonds. The third-order valence-electron chi connectivity index (χ3n) is 5.80. The number of aromatic amines is 1. The SMILES string of the molecule is Cc1noc(C2=Cc3cc(-c4nc(C(=O)CCC5CCCO5)[nH]c4C)ccc3C2)n1. The summed E-state index contributed by atoms with van der Waals surface area (Å²) in [6.07, 6.45) is 6.41. The molecule has 7 heteroatoms. The van der Waals surface area contributed by atoms with E-state index in [1.807, 2.05) is 13.8 Å². The molecule has 1 atom stereocenters. The van der Waals surface area contributed by atoms with Crippen LogP contribution in [0, 0.1) is 13.8 Å². The second kappa shape index (κ2) is 7.65. The van der Waals surface area contributed by atoms with Crippen molar-refractivity contribution >= 4 is 17.4 Å². The van der Waals surface area contributed by atoms with Crippen LogP contribution < -0.4 is 0 Å². The number of ketones is 1. The predicted octanol–water partition coefficient (Wildman–Crippen LogP) is 4.32. The molecule has 1 N–H and O–H groups in total. The Balaban J connectivity index is 1.35. The fourth-order valence-corrected chi connectivity index (χ4v) is 4.20. The van der Waals surface area contributed by atoms with Crippen LogP contribution in [0.25, 0.3) is 22.9 Å². The fourth-order valence-electron chi connectivity index (χ4n) is 4.20. The summed E-state index contributed by atoms with van der Waals surface area (Å²) >= 11 is 0.